The van der Waals surface area contributed by atoms with Gasteiger partial charge < -0.3 is 9.73 Å². The van der Waals surface area contributed by atoms with E-state index in [9.17, 15) is 0 Å². The molecule has 2 aromatic rings. The third kappa shape index (κ3) is 3.31. The molecule has 0 amide bonds. The Balaban J connectivity index is 2.30. The molecule has 0 aliphatic carbocycles. The van der Waals surface area contributed by atoms with Crippen LogP contribution in [0.3, 0.4) is 0 Å². The van der Waals surface area contributed by atoms with E-state index in [0.29, 0.717) is 0 Å². The first kappa shape index (κ1) is 14.9. The molecular formula is C18H25NO. The standard InChI is InChI=1S/C18H25NO/c1-4-12-19-18(16-11-13-20-17(16)6-3)15-9-7-14(5-2)8-10-15/h7-11,13,18-19H,4-6,12H2,1-3H3. The zero-order chi connectivity index (χ0) is 14.4. The fourth-order valence-corrected chi connectivity index (χ4v) is 2.54. The van der Waals surface area contributed by atoms with Gasteiger partial charge in [0, 0.05) is 12.0 Å². The first-order valence-corrected chi connectivity index (χ1v) is 7.68. The van der Waals surface area contributed by atoms with Gasteiger partial charge in [0.2, 0.25) is 0 Å². The van der Waals surface area contributed by atoms with E-state index in [4.69, 9.17) is 4.42 Å². The second-order valence-corrected chi connectivity index (χ2v) is 5.13. The van der Waals surface area contributed by atoms with Crippen molar-refractivity contribution in [3.63, 3.8) is 0 Å². The van der Waals surface area contributed by atoms with Crippen LogP contribution in [0.5, 0.6) is 0 Å². The van der Waals surface area contributed by atoms with E-state index >= 15 is 0 Å². The van der Waals surface area contributed by atoms with Crippen LogP contribution in [0.1, 0.15) is 55.7 Å². The van der Waals surface area contributed by atoms with Crippen molar-refractivity contribution in [1.29, 1.82) is 0 Å². The van der Waals surface area contributed by atoms with Gasteiger partial charge in [-0.15, -0.1) is 0 Å². The molecule has 2 rings (SSSR count). The van der Waals surface area contributed by atoms with E-state index < -0.39 is 0 Å². The summed E-state index contributed by atoms with van der Waals surface area (Å²) in [7, 11) is 0. The Morgan fingerprint density at radius 3 is 2.35 bits per heavy atom. The summed E-state index contributed by atoms with van der Waals surface area (Å²) in [5, 5.41) is 3.64. The van der Waals surface area contributed by atoms with E-state index in [-0.39, 0.29) is 6.04 Å². The van der Waals surface area contributed by atoms with Crippen LogP contribution >= 0.6 is 0 Å². The third-order valence-corrected chi connectivity index (χ3v) is 3.73. The summed E-state index contributed by atoms with van der Waals surface area (Å²) in [6, 6.07) is 11.2. The van der Waals surface area contributed by atoms with Gasteiger partial charge >= 0.3 is 0 Å². The van der Waals surface area contributed by atoms with E-state index in [1.165, 1.54) is 16.7 Å². The quantitative estimate of drug-likeness (QED) is 0.802. The lowest BCUT2D eigenvalue weighted by Gasteiger charge is -2.19. The number of aryl methyl sites for hydroxylation is 2. The fourth-order valence-electron chi connectivity index (χ4n) is 2.54. The average Bonchev–Trinajstić information content (AvgIpc) is 2.96. The molecule has 0 saturated carbocycles. The molecular weight excluding hydrogens is 246 g/mol. The molecule has 1 N–H and O–H groups in total. The smallest absolute Gasteiger partial charge is 0.108 e. The molecule has 1 aromatic carbocycles. The highest BCUT2D eigenvalue weighted by Crippen LogP contribution is 2.27. The summed E-state index contributed by atoms with van der Waals surface area (Å²) < 4.78 is 5.60. The Morgan fingerprint density at radius 2 is 1.75 bits per heavy atom. The molecule has 2 heteroatoms. The van der Waals surface area contributed by atoms with Crippen LogP contribution in [0.2, 0.25) is 0 Å². The Morgan fingerprint density at radius 1 is 1.00 bits per heavy atom. The number of rotatable bonds is 7. The van der Waals surface area contributed by atoms with Gasteiger partial charge in [-0.25, -0.2) is 0 Å². The Labute approximate surface area is 122 Å². The Hall–Kier alpha value is -1.54. The van der Waals surface area contributed by atoms with E-state index in [1.807, 2.05) is 0 Å². The van der Waals surface area contributed by atoms with Gasteiger partial charge in [-0.3, -0.25) is 0 Å². The predicted molar refractivity (Wildman–Crippen MR) is 84.0 cm³/mol. The van der Waals surface area contributed by atoms with Crippen LogP contribution in [0.4, 0.5) is 0 Å². The first-order valence-electron chi connectivity index (χ1n) is 7.68. The summed E-state index contributed by atoms with van der Waals surface area (Å²) in [6.07, 6.45) is 4.94. The highest BCUT2D eigenvalue weighted by atomic mass is 16.3. The minimum atomic E-state index is 0.231. The van der Waals surface area contributed by atoms with Crippen LogP contribution in [0.25, 0.3) is 0 Å². The van der Waals surface area contributed by atoms with Gasteiger partial charge in [0.25, 0.3) is 0 Å². The predicted octanol–water partition coefficient (Wildman–Crippen LogP) is 4.49. The number of nitrogens with one attached hydrogen (secondary N) is 1. The normalized spacial score (nSPS) is 12.6. The molecule has 0 saturated heterocycles. The zero-order valence-corrected chi connectivity index (χ0v) is 12.8. The molecule has 0 spiro atoms. The van der Waals surface area contributed by atoms with Gasteiger partial charge in [0.1, 0.15) is 5.76 Å². The van der Waals surface area contributed by atoms with Crippen molar-refractivity contribution < 1.29 is 4.42 Å². The van der Waals surface area contributed by atoms with E-state index in [0.717, 1.165) is 31.6 Å². The molecule has 0 bridgehead atoms. The maximum atomic E-state index is 5.60. The molecule has 1 heterocycles. The van der Waals surface area contributed by atoms with Crippen molar-refractivity contribution >= 4 is 0 Å². The molecule has 1 atom stereocenters. The molecule has 2 nitrogen and oxygen atoms in total. The maximum absolute atomic E-state index is 5.60. The van der Waals surface area contributed by atoms with Gasteiger partial charge in [-0.05, 0) is 36.6 Å². The monoisotopic (exact) mass is 271 g/mol. The average molecular weight is 271 g/mol. The largest absolute Gasteiger partial charge is 0.469 e. The maximum Gasteiger partial charge on any atom is 0.108 e. The Bertz CT molecular complexity index is 512. The van der Waals surface area contributed by atoms with Crippen LogP contribution in [0.15, 0.2) is 41.0 Å². The molecule has 0 aliphatic rings. The van der Waals surface area contributed by atoms with Gasteiger partial charge in [0.15, 0.2) is 0 Å². The first-order chi connectivity index (χ1) is 9.80. The highest BCUT2D eigenvalue weighted by molar-refractivity contribution is 5.35. The van der Waals surface area contributed by atoms with Crippen LogP contribution in [0, 0.1) is 0 Å². The van der Waals surface area contributed by atoms with Crippen LogP contribution in [-0.2, 0) is 12.8 Å². The third-order valence-electron chi connectivity index (χ3n) is 3.73. The van der Waals surface area contributed by atoms with Crippen LogP contribution < -0.4 is 5.32 Å². The van der Waals surface area contributed by atoms with Crippen molar-refractivity contribution in [2.45, 2.75) is 46.1 Å². The molecule has 0 fully saturated rings. The summed E-state index contributed by atoms with van der Waals surface area (Å²) in [6.45, 7) is 7.53. The molecule has 0 radical (unpaired) electrons. The molecule has 20 heavy (non-hydrogen) atoms. The van der Waals surface area contributed by atoms with Crippen molar-refractivity contribution in [1.82, 2.24) is 5.32 Å². The summed E-state index contributed by atoms with van der Waals surface area (Å²) in [4.78, 5) is 0. The second-order valence-electron chi connectivity index (χ2n) is 5.13. The van der Waals surface area contributed by atoms with Crippen LogP contribution in [-0.4, -0.2) is 6.54 Å². The number of hydrogen-bond acceptors (Lipinski definition) is 2. The summed E-state index contributed by atoms with van der Waals surface area (Å²) >= 11 is 0. The SMILES string of the molecule is CCCNC(c1ccc(CC)cc1)c1ccoc1CC. The van der Waals surface area contributed by atoms with Gasteiger partial charge in [0.05, 0.1) is 12.3 Å². The number of furan rings is 1. The summed E-state index contributed by atoms with van der Waals surface area (Å²) in [5.74, 6) is 1.08. The number of hydrogen-bond donors (Lipinski definition) is 1. The lowest BCUT2D eigenvalue weighted by atomic mass is 9.96. The van der Waals surface area contributed by atoms with E-state index in [2.05, 4.69) is 56.4 Å². The van der Waals surface area contributed by atoms with Crippen molar-refractivity contribution in [2.24, 2.45) is 0 Å². The number of benzene rings is 1. The van der Waals surface area contributed by atoms with Crippen molar-refractivity contribution in [3.8, 4) is 0 Å². The lowest BCUT2D eigenvalue weighted by Crippen LogP contribution is -2.23. The molecule has 1 aromatic heterocycles. The summed E-state index contributed by atoms with van der Waals surface area (Å²) in [5.41, 5.74) is 3.96. The molecule has 1 unspecified atom stereocenters. The Kier molecular flexibility index (Phi) is 5.42. The fraction of sp³-hybridized carbons (Fsp3) is 0.444. The zero-order valence-electron chi connectivity index (χ0n) is 12.8. The van der Waals surface area contributed by atoms with Gasteiger partial charge in [-0.1, -0.05) is 45.0 Å². The molecule has 108 valence electrons. The van der Waals surface area contributed by atoms with E-state index in [1.54, 1.807) is 6.26 Å². The topological polar surface area (TPSA) is 25.2 Å². The molecule has 0 aliphatic heterocycles. The minimum Gasteiger partial charge on any atom is -0.469 e. The van der Waals surface area contributed by atoms with Crippen molar-refractivity contribution in [2.75, 3.05) is 6.54 Å². The second kappa shape index (κ2) is 7.30. The minimum absolute atomic E-state index is 0.231. The lowest BCUT2D eigenvalue weighted by molar-refractivity contribution is 0.500. The van der Waals surface area contributed by atoms with Crippen molar-refractivity contribution in [3.05, 3.63) is 59.0 Å². The highest BCUT2D eigenvalue weighted by Gasteiger charge is 2.18. The van der Waals surface area contributed by atoms with Gasteiger partial charge in [-0.2, -0.15) is 0 Å².